The number of rotatable bonds is 3. The molecule has 0 saturated carbocycles. The number of para-hydroxylation sites is 2. The monoisotopic (exact) mass is 310 g/mol. The number of nitriles is 1. The van der Waals surface area contributed by atoms with E-state index in [2.05, 4.69) is 30.3 Å². The fourth-order valence-electron chi connectivity index (χ4n) is 1.86. The molecule has 0 N–H and O–H groups in total. The van der Waals surface area contributed by atoms with Crippen LogP contribution in [0.4, 0.5) is 0 Å². The third-order valence-electron chi connectivity index (χ3n) is 2.84. The van der Waals surface area contributed by atoms with Crippen molar-refractivity contribution in [3.05, 3.63) is 58.6 Å². The summed E-state index contributed by atoms with van der Waals surface area (Å²) in [5.41, 5.74) is 1.80. The summed E-state index contributed by atoms with van der Waals surface area (Å²) in [5.74, 6) is 0.332. The molecule has 0 fully saturated rings. The largest absolute Gasteiger partial charge is 0.435 e. The molecule has 102 valence electrons. The van der Waals surface area contributed by atoms with Crippen molar-refractivity contribution in [1.82, 2.24) is 4.98 Å². The van der Waals surface area contributed by atoms with Crippen molar-refractivity contribution in [2.75, 3.05) is 0 Å². The number of benzene rings is 1. The van der Waals surface area contributed by atoms with E-state index in [0.29, 0.717) is 22.0 Å². The highest BCUT2D eigenvalue weighted by atomic mass is 32.1. The van der Waals surface area contributed by atoms with E-state index in [-0.39, 0.29) is 0 Å². The SMILES string of the molecule is C=C(S)c1ccc(/C=C(\C#N)c2nc3ccccc3o2)s1. The predicted octanol–water partition coefficient (Wildman–Crippen LogP) is 4.85. The number of oxazole rings is 1. The van der Waals surface area contributed by atoms with Crippen molar-refractivity contribution in [3.8, 4) is 6.07 Å². The molecule has 2 aromatic heterocycles. The van der Waals surface area contributed by atoms with Crippen LogP contribution < -0.4 is 0 Å². The molecular formula is C16H10N2OS2. The summed E-state index contributed by atoms with van der Waals surface area (Å²) in [5, 5.41) is 9.34. The van der Waals surface area contributed by atoms with Gasteiger partial charge in [0.15, 0.2) is 5.58 Å². The van der Waals surface area contributed by atoms with E-state index in [9.17, 15) is 5.26 Å². The molecular weight excluding hydrogens is 300 g/mol. The minimum Gasteiger partial charge on any atom is -0.435 e. The fourth-order valence-corrected chi connectivity index (χ4v) is 2.89. The number of thiophene rings is 1. The molecule has 0 saturated heterocycles. The minimum atomic E-state index is 0.332. The van der Waals surface area contributed by atoms with Crippen LogP contribution in [-0.4, -0.2) is 4.98 Å². The van der Waals surface area contributed by atoms with Crippen LogP contribution in [-0.2, 0) is 0 Å². The fraction of sp³-hybridized carbons (Fsp3) is 0. The van der Waals surface area contributed by atoms with Crippen LogP contribution in [0.5, 0.6) is 0 Å². The van der Waals surface area contributed by atoms with Gasteiger partial charge in [0.25, 0.3) is 0 Å². The molecule has 0 bridgehead atoms. The van der Waals surface area contributed by atoms with Crippen molar-refractivity contribution in [3.63, 3.8) is 0 Å². The van der Waals surface area contributed by atoms with Crippen LogP contribution in [0.15, 0.2) is 47.4 Å². The summed E-state index contributed by atoms with van der Waals surface area (Å²) in [6.07, 6.45) is 1.76. The third kappa shape index (κ3) is 2.77. The second-order valence-corrected chi connectivity index (χ2v) is 5.96. The standard InChI is InChI=1S/C16H10N2OS2/c1-10(20)15-7-6-12(21-15)8-11(9-17)16-18-13-4-2-3-5-14(13)19-16/h2-8,20H,1H2/b11-8+. The topological polar surface area (TPSA) is 49.8 Å². The third-order valence-corrected chi connectivity index (χ3v) is 4.33. The first kappa shape index (κ1) is 13.7. The average Bonchev–Trinajstić information content (AvgIpc) is 3.11. The summed E-state index contributed by atoms with van der Waals surface area (Å²) in [6.45, 7) is 3.78. The number of fused-ring (bicyclic) bond motifs is 1. The van der Waals surface area contributed by atoms with Crippen LogP contribution in [0.1, 0.15) is 15.6 Å². The Morgan fingerprint density at radius 1 is 1.33 bits per heavy atom. The van der Waals surface area contributed by atoms with E-state index in [0.717, 1.165) is 15.3 Å². The van der Waals surface area contributed by atoms with Gasteiger partial charge in [-0.05, 0) is 30.3 Å². The molecule has 0 atom stereocenters. The predicted molar refractivity (Wildman–Crippen MR) is 89.8 cm³/mol. The highest BCUT2D eigenvalue weighted by Crippen LogP contribution is 2.29. The number of thiol groups is 1. The normalized spacial score (nSPS) is 11.5. The van der Waals surface area contributed by atoms with Crippen molar-refractivity contribution >= 4 is 51.6 Å². The Kier molecular flexibility index (Phi) is 3.65. The Bertz CT molecular complexity index is 863. The first-order valence-electron chi connectivity index (χ1n) is 6.13. The molecule has 0 amide bonds. The van der Waals surface area contributed by atoms with E-state index < -0.39 is 0 Å². The van der Waals surface area contributed by atoms with Crippen molar-refractivity contribution in [2.45, 2.75) is 0 Å². The summed E-state index contributed by atoms with van der Waals surface area (Å²) >= 11 is 5.73. The lowest BCUT2D eigenvalue weighted by Crippen LogP contribution is -1.79. The molecule has 3 nitrogen and oxygen atoms in total. The summed E-state index contributed by atoms with van der Waals surface area (Å²) < 4.78 is 5.62. The van der Waals surface area contributed by atoms with Crippen molar-refractivity contribution in [2.24, 2.45) is 0 Å². The van der Waals surface area contributed by atoms with Gasteiger partial charge in [0.05, 0.1) is 0 Å². The summed E-state index contributed by atoms with van der Waals surface area (Å²) in [6, 6.07) is 13.4. The van der Waals surface area contributed by atoms with E-state index in [4.69, 9.17) is 4.42 Å². The molecule has 0 aliphatic carbocycles. The lowest BCUT2D eigenvalue weighted by atomic mass is 10.2. The quantitative estimate of drug-likeness (QED) is 0.555. The molecule has 5 heteroatoms. The van der Waals surface area contributed by atoms with Gasteiger partial charge < -0.3 is 4.42 Å². The van der Waals surface area contributed by atoms with Gasteiger partial charge in [-0.3, -0.25) is 0 Å². The van der Waals surface area contributed by atoms with Crippen LogP contribution >= 0.6 is 24.0 Å². The Hall–Kier alpha value is -2.29. The zero-order chi connectivity index (χ0) is 14.8. The molecule has 0 radical (unpaired) electrons. The van der Waals surface area contributed by atoms with Crippen LogP contribution in [0.3, 0.4) is 0 Å². The summed E-state index contributed by atoms with van der Waals surface area (Å²) in [7, 11) is 0. The van der Waals surface area contributed by atoms with E-state index >= 15 is 0 Å². The molecule has 21 heavy (non-hydrogen) atoms. The molecule has 1 aromatic carbocycles. The van der Waals surface area contributed by atoms with E-state index in [1.54, 1.807) is 6.08 Å². The zero-order valence-corrected chi connectivity index (χ0v) is 12.6. The molecule has 2 heterocycles. The highest BCUT2D eigenvalue weighted by Gasteiger charge is 2.11. The minimum absolute atomic E-state index is 0.332. The van der Waals surface area contributed by atoms with Crippen LogP contribution in [0.2, 0.25) is 0 Å². The zero-order valence-electron chi connectivity index (χ0n) is 10.9. The smallest absolute Gasteiger partial charge is 0.238 e. The van der Waals surface area contributed by atoms with Gasteiger partial charge in [-0.25, -0.2) is 4.98 Å². The van der Waals surface area contributed by atoms with Gasteiger partial charge in [0.1, 0.15) is 17.2 Å². The molecule has 0 spiro atoms. The first-order chi connectivity index (χ1) is 10.2. The molecule has 3 rings (SSSR count). The lowest BCUT2D eigenvalue weighted by Gasteiger charge is -1.91. The lowest BCUT2D eigenvalue weighted by molar-refractivity contribution is 0.586. The van der Waals surface area contributed by atoms with Gasteiger partial charge in [0.2, 0.25) is 5.89 Å². The van der Waals surface area contributed by atoms with Crippen LogP contribution in [0.25, 0.3) is 27.7 Å². The maximum atomic E-state index is 9.34. The van der Waals surface area contributed by atoms with Gasteiger partial charge in [-0.15, -0.1) is 24.0 Å². The van der Waals surface area contributed by atoms with Gasteiger partial charge in [-0.2, -0.15) is 5.26 Å². The van der Waals surface area contributed by atoms with Crippen LogP contribution in [0, 0.1) is 11.3 Å². The Morgan fingerprint density at radius 3 is 2.81 bits per heavy atom. The maximum absolute atomic E-state index is 9.34. The number of nitrogens with zero attached hydrogens (tertiary/aromatic N) is 2. The summed E-state index contributed by atoms with van der Waals surface area (Å²) in [4.78, 5) is 6.95. The Balaban J connectivity index is 2.02. The van der Waals surface area contributed by atoms with E-state index in [1.165, 1.54) is 11.3 Å². The number of hydrogen-bond acceptors (Lipinski definition) is 5. The molecule has 0 aliphatic rings. The molecule has 0 aliphatic heterocycles. The van der Waals surface area contributed by atoms with E-state index in [1.807, 2.05) is 36.4 Å². The Morgan fingerprint density at radius 2 is 2.14 bits per heavy atom. The Labute approximate surface area is 131 Å². The number of aromatic nitrogens is 1. The molecule has 0 unspecified atom stereocenters. The van der Waals surface area contributed by atoms with Crippen molar-refractivity contribution in [1.29, 1.82) is 5.26 Å². The highest BCUT2D eigenvalue weighted by molar-refractivity contribution is 7.90. The second-order valence-electron chi connectivity index (χ2n) is 4.31. The average molecular weight is 310 g/mol. The maximum Gasteiger partial charge on any atom is 0.238 e. The van der Waals surface area contributed by atoms with Crippen molar-refractivity contribution < 1.29 is 4.42 Å². The number of allylic oxidation sites excluding steroid dienone is 1. The number of hydrogen-bond donors (Lipinski definition) is 1. The van der Waals surface area contributed by atoms with Gasteiger partial charge >= 0.3 is 0 Å². The second kappa shape index (κ2) is 5.60. The van der Waals surface area contributed by atoms with Gasteiger partial charge in [0, 0.05) is 14.7 Å². The molecule has 3 aromatic rings. The van der Waals surface area contributed by atoms with Gasteiger partial charge in [-0.1, -0.05) is 18.7 Å². The first-order valence-corrected chi connectivity index (χ1v) is 7.39.